The predicted molar refractivity (Wildman–Crippen MR) is 87.4 cm³/mol. The first-order valence-corrected chi connectivity index (χ1v) is 7.83. The number of esters is 2. The molecule has 2 rings (SSSR count). The Bertz CT molecular complexity index is 604. The van der Waals surface area contributed by atoms with Crippen LogP contribution in [0, 0.1) is 11.3 Å². The van der Waals surface area contributed by atoms with Gasteiger partial charge >= 0.3 is 11.9 Å². The van der Waals surface area contributed by atoms with E-state index in [9.17, 15) is 9.59 Å². The molecule has 4 heteroatoms. The van der Waals surface area contributed by atoms with Crippen molar-refractivity contribution in [2.75, 3.05) is 0 Å². The van der Waals surface area contributed by atoms with E-state index in [1.807, 2.05) is 57.2 Å². The van der Waals surface area contributed by atoms with Gasteiger partial charge in [0.1, 0.15) is 0 Å². The first-order chi connectivity index (χ1) is 10.7. The molecule has 23 heavy (non-hydrogen) atoms. The van der Waals surface area contributed by atoms with E-state index in [1.165, 1.54) is 0 Å². The molecule has 0 spiro atoms. The van der Waals surface area contributed by atoms with E-state index in [0.717, 1.165) is 11.1 Å². The summed E-state index contributed by atoms with van der Waals surface area (Å²) in [6.45, 7) is 8.88. The first-order valence-electron chi connectivity index (χ1n) is 7.83. The first kappa shape index (κ1) is 17.3. The summed E-state index contributed by atoms with van der Waals surface area (Å²) in [6, 6.07) is 9.47. The molecule has 1 saturated heterocycles. The number of benzene rings is 1. The average Bonchev–Trinajstić information content (AvgIpc) is 2.42. The van der Waals surface area contributed by atoms with Crippen molar-refractivity contribution in [1.29, 1.82) is 0 Å². The largest absolute Gasteiger partial charge is 0.422 e. The highest BCUT2D eigenvalue weighted by Crippen LogP contribution is 2.42. The molecule has 1 aliphatic heterocycles. The summed E-state index contributed by atoms with van der Waals surface area (Å²) in [4.78, 5) is 25.6. The van der Waals surface area contributed by atoms with Crippen LogP contribution in [0.25, 0.3) is 0 Å². The molecule has 0 radical (unpaired) electrons. The van der Waals surface area contributed by atoms with E-state index in [4.69, 9.17) is 9.47 Å². The second-order valence-electron chi connectivity index (χ2n) is 6.85. The Kier molecular flexibility index (Phi) is 4.64. The summed E-state index contributed by atoms with van der Waals surface area (Å²) in [5, 5.41) is 0. The normalized spacial score (nSPS) is 20.2. The molecule has 1 aromatic carbocycles. The summed E-state index contributed by atoms with van der Waals surface area (Å²) in [7, 11) is 0. The van der Waals surface area contributed by atoms with Crippen LogP contribution in [0.2, 0.25) is 0 Å². The van der Waals surface area contributed by atoms with Crippen molar-refractivity contribution in [3.8, 4) is 0 Å². The molecule has 1 fully saturated rings. The van der Waals surface area contributed by atoms with E-state index < -0.39 is 23.1 Å². The van der Waals surface area contributed by atoms with Crippen LogP contribution in [0.4, 0.5) is 0 Å². The smallest absolute Gasteiger partial charge is 0.327 e. The molecule has 0 N–H and O–H groups in total. The van der Waals surface area contributed by atoms with Crippen molar-refractivity contribution in [3.63, 3.8) is 0 Å². The number of cyclic esters (lactones) is 2. The topological polar surface area (TPSA) is 52.6 Å². The number of hydrogen-bond donors (Lipinski definition) is 0. The molecule has 1 unspecified atom stereocenters. The molecule has 0 bridgehead atoms. The molecule has 0 amide bonds. The molecule has 1 atom stereocenters. The van der Waals surface area contributed by atoms with Crippen molar-refractivity contribution in [2.24, 2.45) is 11.3 Å². The Balaban J connectivity index is 2.49. The molecular formula is C19H24O4. The van der Waals surface area contributed by atoms with Crippen molar-refractivity contribution < 1.29 is 19.1 Å². The van der Waals surface area contributed by atoms with Gasteiger partial charge in [-0.05, 0) is 25.8 Å². The molecule has 0 aliphatic carbocycles. The number of allylic oxidation sites excluding steroid dienone is 2. The number of carbonyl (C=O) groups excluding carboxylic acids is 2. The zero-order valence-corrected chi connectivity index (χ0v) is 14.4. The van der Waals surface area contributed by atoms with E-state index in [2.05, 4.69) is 0 Å². The lowest BCUT2D eigenvalue weighted by Gasteiger charge is -2.42. The van der Waals surface area contributed by atoms with Gasteiger partial charge in [-0.3, -0.25) is 9.59 Å². The van der Waals surface area contributed by atoms with Gasteiger partial charge in [0.15, 0.2) is 5.41 Å². The molecule has 4 nitrogen and oxygen atoms in total. The standard InChI is InChI=1S/C19H24O4/c1-13(2)11-14(3)19(12-15-9-7-6-8-10-15)16(20)22-18(4,5)23-17(19)21/h6-11,14H,12H2,1-5H3. The monoisotopic (exact) mass is 316 g/mol. The Labute approximate surface area is 137 Å². The van der Waals surface area contributed by atoms with E-state index >= 15 is 0 Å². The van der Waals surface area contributed by atoms with Gasteiger partial charge in [0, 0.05) is 19.8 Å². The van der Waals surface area contributed by atoms with E-state index in [1.54, 1.807) is 13.8 Å². The number of ether oxygens (including phenoxy) is 2. The van der Waals surface area contributed by atoms with Gasteiger partial charge in [0.25, 0.3) is 5.79 Å². The highest BCUT2D eigenvalue weighted by Gasteiger charge is 2.58. The van der Waals surface area contributed by atoms with Crippen LogP contribution in [0.3, 0.4) is 0 Å². The highest BCUT2D eigenvalue weighted by atomic mass is 16.7. The van der Waals surface area contributed by atoms with Crippen molar-refractivity contribution in [2.45, 2.75) is 46.8 Å². The fourth-order valence-corrected chi connectivity index (χ4v) is 2.97. The molecule has 0 saturated carbocycles. The average molecular weight is 316 g/mol. The second-order valence-corrected chi connectivity index (χ2v) is 6.85. The number of carbonyl (C=O) groups is 2. The van der Waals surface area contributed by atoms with Crippen LogP contribution in [-0.4, -0.2) is 17.7 Å². The molecule has 1 aromatic rings. The minimum Gasteiger partial charge on any atom is -0.422 e. The maximum absolute atomic E-state index is 12.8. The van der Waals surface area contributed by atoms with Gasteiger partial charge in [-0.25, -0.2) is 0 Å². The summed E-state index contributed by atoms with van der Waals surface area (Å²) < 4.78 is 10.8. The van der Waals surface area contributed by atoms with Gasteiger partial charge in [0.2, 0.25) is 0 Å². The summed E-state index contributed by atoms with van der Waals surface area (Å²) in [6.07, 6.45) is 2.18. The lowest BCUT2D eigenvalue weighted by atomic mass is 9.70. The lowest BCUT2D eigenvalue weighted by molar-refractivity contribution is -0.253. The summed E-state index contributed by atoms with van der Waals surface area (Å²) in [5.41, 5.74) is 0.583. The van der Waals surface area contributed by atoms with Gasteiger partial charge in [-0.15, -0.1) is 0 Å². The van der Waals surface area contributed by atoms with Crippen LogP contribution in [-0.2, 0) is 25.5 Å². The third-order valence-electron chi connectivity index (χ3n) is 4.09. The van der Waals surface area contributed by atoms with Gasteiger partial charge in [0.05, 0.1) is 0 Å². The van der Waals surface area contributed by atoms with Gasteiger partial charge < -0.3 is 9.47 Å². The molecule has 124 valence electrons. The molecular weight excluding hydrogens is 292 g/mol. The minimum atomic E-state index is -1.35. The third-order valence-corrected chi connectivity index (χ3v) is 4.09. The number of hydrogen-bond acceptors (Lipinski definition) is 4. The highest BCUT2D eigenvalue weighted by molar-refractivity contribution is 6.02. The van der Waals surface area contributed by atoms with Gasteiger partial charge in [-0.2, -0.15) is 0 Å². The zero-order valence-electron chi connectivity index (χ0n) is 14.4. The summed E-state index contributed by atoms with van der Waals surface area (Å²) in [5.74, 6) is -2.59. The van der Waals surface area contributed by atoms with Crippen LogP contribution in [0.1, 0.15) is 40.2 Å². The SMILES string of the molecule is CC(C)=CC(C)C1(Cc2ccccc2)C(=O)OC(C)(C)OC1=O. The van der Waals surface area contributed by atoms with Crippen LogP contribution < -0.4 is 0 Å². The molecule has 0 aromatic heterocycles. The van der Waals surface area contributed by atoms with Crippen molar-refractivity contribution >= 4 is 11.9 Å². The maximum Gasteiger partial charge on any atom is 0.327 e. The zero-order chi connectivity index (χ0) is 17.3. The third kappa shape index (κ3) is 3.46. The Morgan fingerprint density at radius 3 is 2.09 bits per heavy atom. The van der Waals surface area contributed by atoms with E-state index in [-0.39, 0.29) is 12.3 Å². The summed E-state index contributed by atoms with van der Waals surface area (Å²) >= 11 is 0. The van der Waals surface area contributed by atoms with Crippen molar-refractivity contribution in [3.05, 3.63) is 47.5 Å². The van der Waals surface area contributed by atoms with Crippen LogP contribution >= 0.6 is 0 Å². The fourth-order valence-electron chi connectivity index (χ4n) is 2.97. The Hall–Kier alpha value is -2.10. The Morgan fingerprint density at radius 2 is 1.61 bits per heavy atom. The quantitative estimate of drug-likeness (QED) is 0.483. The van der Waals surface area contributed by atoms with Gasteiger partial charge in [-0.1, -0.05) is 48.9 Å². The van der Waals surface area contributed by atoms with Crippen LogP contribution in [0.15, 0.2) is 42.0 Å². The lowest BCUT2D eigenvalue weighted by Crippen LogP contribution is -2.57. The predicted octanol–water partition coefficient (Wildman–Crippen LogP) is 3.65. The maximum atomic E-state index is 12.8. The number of rotatable bonds is 4. The fraction of sp³-hybridized carbons (Fsp3) is 0.474. The van der Waals surface area contributed by atoms with Crippen molar-refractivity contribution in [1.82, 2.24) is 0 Å². The molecule has 1 aliphatic rings. The Morgan fingerprint density at radius 1 is 1.09 bits per heavy atom. The van der Waals surface area contributed by atoms with Crippen LogP contribution in [0.5, 0.6) is 0 Å². The minimum absolute atomic E-state index is 0.256. The second kappa shape index (κ2) is 6.19. The van der Waals surface area contributed by atoms with E-state index in [0.29, 0.717) is 0 Å². The molecule has 1 heterocycles.